The number of carbonyl (C=O) groups is 2. The molecule has 0 aromatic heterocycles. The van der Waals surface area contributed by atoms with Crippen LogP contribution in [0.2, 0.25) is 0 Å². The molecule has 0 aliphatic rings. The van der Waals surface area contributed by atoms with Crippen molar-refractivity contribution in [1.82, 2.24) is 0 Å². The van der Waals surface area contributed by atoms with E-state index in [1.807, 2.05) is 31.2 Å². The summed E-state index contributed by atoms with van der Waals surface area (Å²) in [7, 11) is 0. The van der Waals surface area contributed by atoms with Gasteiger partial charge in [0, 0.05) is 16.9 Å². The Morgan fingerprint density at radius 3 is 2.24 bits per heavy atom. The molecule has 0 aliphatic heterocycles. The van der Waals surface area contributed by atoms with Gasteiger partial charge in [-0.05, 0) is 55.5 Å². The number of nitrogens with one attached hydrogen (secondary N) is 2. The number of nitriles is 1. The molecular formula is C26H23N3O4. The van der Waals surface area contributed by atoms with Crippen molar-refractivity contribution in [3.05, 3.63) is 90.0 Å². The van der Waals surface area contributed by atoms with E-state index in [9.17, 15) is 14.9 Å². The standard InChI is InChI=1S/C26H23N3O4/c1-2-32-23-14-12-22(13-15-23)29-26(31)20(17-27)16-19-8-6-7-11-24(19)33-18-25(30)28-21-9-4-3-5-10-21/h3-16H,2,18H2,1H3,(H,28,30)(H,29,31)/b20-16+. The number of carbonyl (C=O) groups excluding carboxylic acids is 2. The molecule has 0 fully saturated rings. The number of rotatable bonds is 9. The Labute approximate surface area is 192 Å². The number of para-hydroxylation sites is 2. The minimum absolute atomic E-state index is 0.103. The van der Waals surface area contributed by atoms with E-state index in [2.05, 4.69) is 10.6 Å². The molecule has 0 atom stereocenters. The average molecular weight is 441 g/mol. The van der Waals surface area contributed by atoms with Crippen LogP contribution in [0.25, 0.3) is 6.08 Å². The van der Waals surface area contributed by atoms with Crippen molar-refractivity contribution in [1.29, 1.82) is 5.26 Å². The first-order valence-electron chi connectivity index (χ1n) is 10.3. The lowest BCUT2D eigenvalue weighted by Crippen LogP contribution is -2.20. The van der Waals surface area contributed by atoms with Crippen LogP contribution in [0.4, 0.5) is 11.4 Å². The van der Waals surface area contributed by atoms with Gasteiger partial charge in [0.25, 0.3) is 11.8 Å². The van der Waals surface area contributed by atoms with Crippen LogP contribution in [0.15, 0.2) is 84.4 Å². The van der Waals surface area contributed by atoms with E-state index in [1.54, 1.807) is 60.7 Å². The fraction of sp³-hybridized carbons (Fsp3) is 0.115. The van der Waals surface area contributed by atoms with Crippen molar-refractivity contribution >= 4 is 29.3 Å². The second-order valence-electron chi connectivity index (χ2n) is 6.82. The van der Waals surface area contributed by atoms with Crippen molar-refractivity contribution in [2.24, 2.45) is 0 Å². The summed E-state index contributed by atoms with van der Waals surface area (Å²) >= 11 is 0. The predicted octanol–water partition coefficient (Wildman–Crippen LogP) is 4.65. The van der Waals surface area contributed by atoms with Crippen LogP contribution in [0, 0.1) is 11.3 Å². The molecule has 0 saturated heterocycles. The summed E-state index contributed by atoms with van der Waals surface area (Å²) in [6, 6.07) is 24.7. The van der Waals surface area contributed by atoms with E-state index >= 15 is 0 Å². The molecule has 0 aliphatic carbocycles. The topological polar surface area (TPSA) is 100 Å². The van der Waals surface area contributed by atoms with Crippen molar-refractivity contribution in [3.8, 4) is 17.6 Å². The molecule has 3 rings (SSSR count). The van der Waals surface area contributed by atoms with Crippen molar-refractivity contribution in [2.45, 2.75) is 6.92 Å². The fourth-order valence-corrected chi connectivity index (χ4v) is 2.90. The van der Waals surface area contributed by atoms with Crippen LogP contribution < -0.4 is 20.1 Å². The highest BCUT2D eigenvalue weighted by Crippen LogP contribution is 2.22. The normalized spacial score (nSPS) is 10.6. The third kappa shape index (κ3) is 6.97. The molecule has 0 bridgehead atoms. The highest BCUT2D eigenvalue weighted by Gasteiger charge is 2.12. The van der Waals surface area contributed by atoms with E-state index < -0.39 is 5.91 Å². The Morgan fingerprint density at radius 2 is 1.55 bits per heavy atom. The quantitative estimate of drug-likeness (QED) is 0.372. The number of hydrogen-bond donors (Lipinski definition) is 2. The molecule has 0 spiro atoms. The van der Waals surface area contributed by atoms with Crippen LogP contribution in [-0.4, -0.2) is 25.0 Å². The lowest BCUT2D eigenvalue weighted by atomic mass is 10.1. The molecule has 7 heteroatoms. The predicted molar refractivity (Wildman–Crippen MR) is 127 cm³/mol. The minimum Gasteiger partial charge on any atom is -0.494 e. The molecule has 0 unspecified atom stereocenters. The minimum atomic E-state index is -0.557. The number of anilines is 2. The first-order chi connectivity index (χ1) is 16.1. The monoisotopic (exact) mass is 441 g/mol. The van der Waals surface area contributed by atoms with Gasteiger partial charge in [0.1, 0.15) is 23.1 Å². The summed E-state index contributed by atoms with van der Waals surface area (Å²) in [5.74, 6) is 0.184. The molecule has 7 nitrogen and oxygen atoms in total. The lowest BCUT2D eigenvalue weighted by molar-refractivity contribution is -0.118. The zero-order valence-corrected chi connectivity index (χ0v) is 18.1. The number of amides is 2. The van der Waals surface area contributed by atoms with Crippen LogP contribution in [0.5, 0.6) is 11.5 Å². The molecule has 0 heterocycles. The van der Waals surface area contributed by atoms with E-state index in [-0.39, 0.29) is 18.1 Å². The maximum Gasteiger partial charge on any atom is 0.266 e. The fourth-order valence-electron chi connectivity index (χ4n) is 2.90. The summed E-state index contributed by atoms with van der Waals surface area (Å²) in [5.41, 5.74) is 1.60. The van der Waals surface area contributed by atoms with Crippen LogP contribution in [0.1, 0.15) is 12.5 Å². The molecular weight excluding hydrogens is 418 g/mol. The maximum absolute atomic E-state index is 12.6. The number of nitrogens with zero attached hydrogens (tertiary/aromatic N) is 1. The Balaban J connectivity index is 1.67. The first kappa shape index (κ1) is 23.1. The van der Waals surface area contributed by atoms with Gasteiger partial charge in [-0.1, -0.05) is 36.4 Å². The Hall–Kier alpha value is -4.57. The van der Waals surface area contributed by atoms with Gasteiger partial charge in [0.15, 0.2) is 6.61 Å². The van der Waals surface area contributed by atoms with Gasteiger partial charge in [-0.15, -0.1) is 0 Å². The van der Waals surface area contributed by atoms with E-state index in [4.69, 9.17) is 9.47 Å². The maximum atomic E-state index is 12.6. The summed E-state index contributed by atoms with van der Waals surface area (Å²) in [4.78, 5) is 24.8. The Kier molecular flexibility index (Phi) is 8.21. The molecule has 2 amide bonds. The molecule has 3 aromatic rings. The zero-order valence-electron chi connectivity index (χ0n) is 18.1. The van der Waals surface area contributed by atoms with Gasteiger partial charge >= 0.3 is 0 Å². The van der Waals surface area contributed by atoms with E-state index in [0.29, 0.717) is 35.0 Å². The molecule has 3 aromatic carbocycles. The van der Waals surface area contributed by atoms with Crippen molar-refractivity contribution < 1.29 is 19.1 Å². The van der Waals surface area contributed by atoms with E-state index in [0.717, 1.165) is 0 Å². The van der Waals surface area contributed by atoms with E-state index in [1.165, 1.54) is 6.08 Å². The zero-order chi connectivity index (χ0) is 23.5. The number of benzene rings is 3. The van der Waals surface area contributed by atoms with Gasteiger partial charge in [0.2, 0.25) is 0 Å². The van der Waals surface area contributed by atoms with Crippen LogP contribution >= 0.6 is 0 Å². The number of hydrogen-bond acceptors (Lipinski definition) is 5. The molecule has 0 saturated carbocycles. The third-order valence-corrected chi connectivity index (χ3v) is 4.42. The molecule has 2 N–H and O–H groups in total. The highest BCUT2D eigenvalue weighted by atomic mass is 16.5. The lowest BCUT2D eigenvalue weighted by Gasteiger charge is -2.10. The second-order valence-corrected chi connectivity index (χ2v) is 6.82. The van der Waals surface area contributed by atoms with Gasteiger partial charge in [-0.3, -0.25) is 9.59 Å². The van der Waals surface area contributed by atoms with Gasteiger partial charge in [-0.2, -0.15) is 5.26 Å². The summed E-state index contributed by atoms with van der Waals surface area (Å²) in [5, 5.41) is 14.9. The first-order valence-corrected chi connectivity index (χ1v) is 10.3. The average Bonchev–Trinajstić information content (AvgIpc) is 2.83. The summed E-state index contributed by atoms with van der Waals surface area (Å²) in [6.45, 7) is 2.21. The highest BCUT2D eigenvalue weighted by molar-refractivity contribution is 6.09. The smallest absolute Gasteiger partial charge is 0.266 e. The molecule has 33 heavy (non-hydrogen) atoms. The SMILES string of the molecule is CCOc1ccc(NC(=O)/C(C#N)=C/c2ccccc2OCC(=O)Nc2ccccc2)cc1. The van der Waals surface area contributed by atoms with Crippen LogP contribution in [-0.2, 0) is 9.59 Å². The summed E-state index contributed by atoms with van der Waals surface area (Å²) in [6.07, 6.45) is 1.42. The second kappa shape index (κ2) is 11.7. The van der Waals surface area contributed by atoms with Crippen molar-refractivity contribution in [2.75, 3.05) is 23.8 Å². The largest absolute Gasteiger partial charge is 0.494 e. The Morgan fingerprint density at radius 1 is 0.879 bits per heavy atom. The van der Waals surface area contributed by atoms with Crippen LogP contribution in [0.3, 0.4) is 0 Å². The van der Waals surface area contributed by atoms with Crippen molar-refractivity contribution in [3.63, 3.8) is 0 Å². The number of ether oxygens (including phenoxy) is 2. The molecule has 166 valence electrons. The van der Waals surface area contributed by atoms with Gasteiger partial charge in [0.05, 0.1) is 6.61 Å². The third-order valence-electron chi connectivity index (χ3n) is 4.42. The van der Waals surface area contributed by atoms with Gasteiger partial charge in [-0.25, -0.2) is 0 Å². The Bertz CT molecular complexity index is 1170. The van der Waals surface area contributed by atoms with Gasteiger partial charge < -0.3 is 20.1 Å². The summed E-state index contributed by atoms with van der Waals surface area (Å²) < 4.78 is 11.0. The molecule has 0 radical (unpaired) electrons.